The van der Waals surface area contributed by atoms with E-state index >= 15 is 0 Å². The Bertz CT molecular complexity index is 510. The minimum Gasteiger partial charge on any atom is -0.496 e. The fourth-order valence-electron chi connectivity index (χ4n) is 1.61. The van der Waals surface area contributed by atoms with Gasteiger partial charge in [0.15, 0.2) is 0 Å². The number of aromatic nitrogens is 2. The molecule has 0 atom stereocenters. The third kappa shape index (κ3) is 2.68. The van der Waals surface area contributed by atoms with E-state index in [0.717, 1.165) is 28.0 Å². The molecule has 5 heteroatoms. The van der Waals surface area contributed by atoms with Gasteiger partial charge in [-0.15, -0.1) is 0 Å². The second-order valence-corrected chi connectivity index (χ2v) is 4.49. The first-order chi connectivity index (χ1) is 8.24. The molecule has 0 saturated carbocycles. The van der Waals surface area contributed by atoms with Crippen molar-refractivity contribution in [2.75, 3.05) is 13.7 Å². The average Bonchev–Trinajstić information content (AvgIpc) is 2.78. The summed E-state index contributed by atoms with van der Waals surface area (Å²) in [7, 11) is 1.65. The van der Waals surface area contributed by atoms with E-state index in [-0.39, 0.29) is 0 Å². The summed E-state index contributed by atoms with van der Waals surface area (Å²) in [5.41, 5.74) is 7.48. The quantitative estimate of drug-likeness (QED) is 0.941. The SMILES string of the molecule is COc1ccc(-c2cn(CCN)cn2)cc1Br. The minimum absolute atomic E-state index is 0.613. The summed E-state index contributed by atoms with van der Waals surface area (Å²) in [5, 5.41) is 0. The van der Waals surface area contributed by atoms with Crippen molar-refractivity contribution in [2.24, 2.45) is 5.73 Å². The zero-order chi connectivity index (χ0) is 12.3. The summed E-state index contributed by atoms with van der Waals surface area (Å²) in [6, 6.07) is 5.90. The van der Waals surface area contributed by atoms with Gasteiger partial charge in [-0.2, -0.15) is 0 Å². The molecule has 1 aromatic carbocycles. The zero-order valence-electron chi connectivity index (χ0n) is 9.56. The number of hydrogen-bond acceptors (Lipinski definition) is 3. The normalized spacial score (nSPS) is 10.5. The topological polar surface area (TPSA) is 53.1 Å². The standard InChI is InChI=1S/C12H14BrN3O/c1-17-12-3-2-9(6-10(12)13)11-7-16(5-4-14)8-15-11/h2-3,6-8H,4-5,14H2,1H3. The van der Waals surface area contributed by atoms with Crippen LogP contribution in [0.3, 0.4) is 0 Å². The number of benzene rings is 1. The Balaban J connectivity index is 2.29. The Morgan fingerprint density at radius 3 is 2.94 bits per heavy atom. The maximum absolute atomic E-state index is 5.50. The second-order valence-electron chi connectivity index (χ2n) is 3.63. The Hall–Kier alpha value is -1.33. The first kappa shape index (κ1) is 12.1. The lowest BCUT2D eigenvalue weighted by Gasteiger charge is -2.04. The van der Waals surface area contributed by atoms with Crippen molar-refractivity contribution >= 4 is 15.9 Å². The highest BCUT2D eigenvalue weighted by molar-refractivity contribution is 9.10. The second kappa shape index (κ2) is 5.33. The van der Waals surface area contributed by atoms with Crippen molar-refractivity contribution < 1.29 is 4.74 Å². The van der Waals surface area contributed by atoms with E-state index in [9.17, 15) is 0 Å². The van der Waals surface area contributed by atoms with Gasteiger partial charge >= 0.3 is 0 Å². The van der Waals surface area contributed by atoms with Crippen LogP contribution in [0.15, 0.2) is 35.2 Å². The third-order valence-electron chi connectivity index (χ3n) is 2.47. The van der Waals surface area contributed by atoms with Crippen LogP contribution in [-0.2, 0) is 6.54 Å². The Morgan fingerprint density at radius 1 is 1.47 bits per heavy atom. The molecule has 0 aliphatic rings. The van der Waals surface area contributed by atoms with E-state index in [0.29, 0.717) is 6.54 Å². The van der Waals surface area contributed by atoms with Crippen LogP contribution in [0.5, 0.6) is 5.75 Å². The van der Waals surface area contributed by atoms with Crippen molar-refractivity contribution in [3.63, 3.8) is 0 Å². The van der Waals surface area contributed by atoms with Crippen molar-refractivity contribution in [1.82, 2.24) is 9.55 Å². The van der Waals surface area contributed by atoms with Gasteiger partial charge in [-0.1, -0.05) is 0 Å². The van der Waals surface area contributed by atoms with E-state index < -0.39 is 0 Å². The van der Waals surface area contributed by atoms with Crippen LogP contribution in [0, 0.1) is 0 Å². The lowest BCUT2D eigenvalue weighted by molar-refractivity contribution is 0.412. The van der Waals surface area contributed by atoms with E-state index in [4.69, 9.17) is 10.5 Å². The van der Waals surface area contributed by atoms with Crippen molar-refractivity contribution in [3.8, 4) is 17.0 Å². The van der Waals surface area contributed by atoms with Gasteiger partial charge in [0, 0.05) is 24.8 Å². The first-order valence-electron chi connectivity index (χ1n) is 5.30. The number of halogens is 1. The Labute approximate surface area is 109 Å². The lowest BCUT2D eigenvalue weighted by atomic mass is 10.1. The molecule has 2 aromatic rings. The van der Waals surface area contributed by atoms with Gasteiger partial charge in [0.2, 0.25) is 0 Å². The molecule has 1 heterocycles. The molecule has 0 unspecified atom stereocenters. The number of hydrogen-bond donors (Lipinski definition) is 1. The highest BCUT2D eigenvalue weighted by atomic mass is 79.9. The van der Waals surface area contributed by atoms with Crippen LogP contribution < -0.4 is 10.5 Å². The molecular weight excluding hydrogens is 282 g/mol. The summed E-state index contributed by atoms with van der Waals surface area (Å²) in [6.07, 6.45) is 3.78. The van der Waals surface area contributed by atoms with Crippen molar-refractivity contribution in [2.45, 2.75) is 6.54 Å². The molecule has 0 fully saturated rings. The average molecular weight is 296 g/mol. The summed E-state index contributed by atoms with van der Waals surface area (Å²) in [4.78, 5) is 4.35. The van der Waals surface area contributed by atoms with E-state index in [2.05, 4.69) is 20.9 Å². The molecule has 0 aliphatic carbocycles. The van der Waals surface area contributed by atoms with Gasteiger partial charge in [0.1, 0.15) is 5.75 Å². The van der Waals surface area contributed by atoms with E-state index in [1.54, 1.807) is 13.4 Å². The summed E-state index contributed by atoms with van der Waals surface area (Å²) in [6.45, 7) is 1.40. The van der Waals surface area contributed by atoms with Crippen LogP contribution in [0.25, 0.3) is 11.3 Å². The fourth-order valence-corrected chi connectivity index (χ4v) is 2.15. The highest BCUT2D eigenvalue weighted by Crippen LogP contribution is 2.29. The summed E-state index contributed by atoms with van der Waals surface area (Å²) >= 11 is 3.46. The van der Waals surface area contributed by atoms with Gasteiger partial charge in [-0.05, 0) is 34.1 Å². The van der Waals surface area contributed by atoms with Crippen molar-refractivity contribution in [3.05, 3.63) is 35.2 Å². The highest BCUT2D eigenvalue weighted by Gasteiger charge is 2.05. The smallest absolute Gasteiger partial charge is 0.133 e. The molecule has 0 aliphatic heterocycles. The number of methoxy groups -OCH3 is 1. The summed E-state index contributed by atoms with van der Waals surface area (Å²) in [5.74, 6) is 0.815. The van der Waals surface area contributed by atoms with Gasteiger partial charge in [0.05, 0.1) is 23.6 Å². The molecular formula is C12H14BrN3O. The number of ether oxygens (including phenoxy) is 1. The molecule has 17 heavy (non-hydrogen) atoms. The van der Waals surface area contributed by atoms with Gasteiger partial charge in [-0.25, -0.2) is 4.98 Å². The van der Waals surface area contributed by atoms with Gasteiger partial charge < -0.3 is 15.0 Å². The van der Waals surface area contributed by atoms with E-state index in [1.807, 2.05) is 29.0 Å². The summed E-state index contributed by atoms with van der Waals surface area (Å²) < 4.78 is 8.09. The molecule has 0 amide bonds. The molecule has 0 radical (unpaired) electrons. The molecule has 0 saturated heterocycles. The largest absolute Gasteiger partial charge is 0.496 e. The van der Waals surface area contributed by atoms with Crippen LogP contribution in [0.2, 0.25) is 0 Å². The number of rotatable bonds is 4. The molecule has 90 valence electrons. The van der Waals surface area contributed by atoms with Gasteiger partial charge in [0.25, 0.3) is 0 Å². The molecule has 2 rings (SSSR count). The molecule has 2 N–H and O–H groups in total. The molecule has 4 nitrogen and oxygen atoms in total. The molecule has 1 aromatic heterocycles. The Kier molecular flexibility index (Phi) is 3.81. The van der Waals surface area contributed by atoms with Crippen LogP contribution >= 0.6 is 15.9 Å². The Morgan fingerprint density at radius 2 is 2.29 bits per heavy atom. The maximum Gasteiger partial charge on any atom is 0.133 e. The predicted octanol–water partition coefficient (Wildman–Crippen LogP) is 2.28. The third-order valence-corrected chi connectivity index (χ3v) is 3.09. The van der Waals surface area contributed by atoms with E-state index in [1.165, 1.54) is 0 Å². The predicted molar refractivity (Wildman–Crippen MR) is 71.0 cm³/mol. The van der Waals surface area contributed by atoms with Gasteiger partial charge in [-0.3, -0.25) is 0 Å². The number of nitrogens with two attached hydrogens (primary N) is 1. The minimum atomic E-state index is 0.613. The van der Waals surface area contributed by atoms with Crippen LogP contribution in [0.1, 0.15) is 0 Å². The van der Waals surface area contributed by atoms with Crippen molar-refractivity contribution in [1.29, 1.82) is 0 Å². The van der Waals surface area contributed by atoms with Crippen LogP contribution in [-0.4, -0.2) is 23.2 Å². The molecule has 0 spiro atoms. The maximum atomic E-state index is 5.50. The number of imidazole rings is 1. The first-order valence-corrected chi connectivity index (χ1v) is 6.09. The lowest BCUT2D eigenvalue weighted by Crippen LogP contribution is -2.07. The fraction of sp³-hybridized carbons (Fsp3) is 0.250. The molecule has 0 bridgehead atoms. The van der Waals surface area contributed by atoms with Crippen LogP contribution in [0.4, 0.5) is 0 Å². The monoisotopic (exact) mass is 295 g/mol. The zero-order valence-corrected chi connectivity index (χ0v) is 11.1. The number of nitrogens with zero attached hydrogens (tertiary/aromatic N) is 2.